The number of aryl methyl sites for hydroxylation is 1. The molecule has 2 aromatic rings. The minimum Gasteiger partial charge on any atom is -0.493 e. The predicted octanol–water partition coefficient (Wildman–Crippen LogP) is 2.45. The van der Waals surface area contributed by atoms with E-state index >= 15 is 0 Å². The van der Waals surface area contributed by atoms with Gasteiger partial charge >= 0.3 is 0 Å². The Kier molecular flexibility index (Phi) is 4.58. The summed E-state index contributed by atoms with van der Waals surface area (Å²) in [6, 6.07) is 8.01. The van der Waals surface area contributed by atoms with Gasteiger partial charge < -0.3 is 15.0 Å². The molecule has 1 aromatic heterocycles. The van der Waals surface area contributed by atoms with Crippen molar-refractivity contribution in [3.05, 3.63) is 48.0 Å². The van der Waals surface area contributed by atoms with Crippen molar-refractivity contribution in [3.63, 3.8) is 0 Å². The van der Waals surface area contributed by atoms with Gasteiger partial charge in [-0.3, -0.25) is 0 Å². The first-order valence-corrected chi connectivity index (χ1v) is 6.66. The van der Waals surface area contributed by atoms with E-state index in [-0.39, 0.29) is 6.04 Å². The van der Waals surface area contributed by atoms with Crippen LogP contribution in [0.3, 0.4) is 0 Å². The lowest BCUT2D eigenvalue weighted by Crippen LogP contribution is -2.12. The van der Waals surface area contributed by atoms with Crippen LogP contribution in [0.5, 0.6) is 5.75 Å². The molecular weight excluding hydrogens is 238 g/mol. The minimum atomic E-state index is 0.0318. The average Bonchev–Trinajstić information content (AvgIpc) is 2.84. The molecule has 1 heterocycles. The minimum absolute atomic E-state index is 0.0318. The smallest absolute Gasteiger partial charge is 0.124 e. The highest BCUT2D eigenvalue weighted by molar-refractivity contribution is 5.35. The fraction of sp³-hybridized carbons (Fsp3) is 0.400. The molecule has 0 bridgehead atoms. The summed E-state index contributed by atoms with van der Waals surface area (Å²) in [5.41, 5.74) is 7.16. The summed E-state index contributed by atoms with van der Waals surface area (Å²) in [5, 5.41) is 0. The van der Waals surface area contributed by atoms with Crippen LogP contribution in [-0.2, 0) is 13.5 Å². The maximum absolute atomic E-state index is 6.09. The van der Waals surface area contributed by atoms with Gasteiger partial charge in [0.2, 0.25) is 0 Å². The molecule has 2 N–H and O–H groups in total. The predicted molar refractivity (Wildman–Crippen MR) is 76.1 cm³/mol. The molecule has 0 aliphatic carbocycles. The molecule has 0 aliphatic heterocycles. The number of benzene rings is 1. The Morgan fingerprint density at radius 1 is 1.37 bits per heavy atom. The summed E-state index contributed by atoms with van der Waals surface area (Å²) in [7, 11) is 1.99. The van der Waals surface area contributed by atoms with E-state index in [1.807, 2.05) is 42.1 Å². The number of nitrogens with two attached hydrogens (primary N) is 1. The second-order valence-electron chi connectivity index (χ2n) is 4.61. The Hall–Kier alpha value is -1.81. The van der Waals surface area contributed by atoms with Crippen LogP contribution in [0.2, 0.25) is 0 Å². The van der Waals surface area contributed by atoms with E-state index in [1.54, 1.807) is 6.20 Å². The quantitative estimate of drug-likeness (QED) is 0.867. The molecule has 0 saturated heterocycles. The lowest BCUT2D eigenvalue weighted by Gasteiger charge is -2.15. The topological polar surface area (TPSA) is 53.1 Å². The molecule has 0 saturated carbocycles. The summed E-state index contributed by atoms with van der Waals surface area (Å²) in [6.07, 6.45) is 5.44. The van der Waals surface area contributed by atoms with Crippen molar-refractivity contribution < 1.29 is 4.74 Å². The first-order chi connectivity index (χ1) is 9.22. The summed E-state index contributed by atoms with van der Waals surface area (Å²) in [6.45, 7) is 2.69. The van der Waals surface area contributed by atoms with Gasteiger partial charge in [0.05, 0.1) is 6.61 Å². The van der Waals surface area contributed by atoms with Gasteiger partial charge in [-0.05, 0) is 12.5 Å². The second kappa shape index (κ2) is 6.38. The first-order valence-electron chi connectivity index (χ1n) is 6.66. The third kappa shape index (κ3) is 3.35. The average molecular weight is 259 g/mol. The number of para-hydroxylation sites is 1. The van der Waals surface area contributed by atoms with Crippen LogP contribution in [0.1, 0.15) is 30.8 Å². The Labute approximate surface area is 114 Å². The number of ether oxygens (including phenoxy) is 1. The second-order valence-corrected chi connectivity index (χ2v) is 4.61. The largest absolute Gasteiger partial charge is 0.493 e. The Bertz CT molecular complexity index is 522. The van der Waals surface area contributed by atoms with E-state index in [1.165, 1.54) is 0 Å². The van der Waals surface area contributed by atoms with Crippen molar-refractivity contribution in [1.82, 2.24) is 9.55 Å². The Morgan fingerprint density at radius 3 is 2.84 bits per heavy atom. The maximum atomic E-state index is 6.09. The highest BCUT2D eigenvalue weighted by Crippen LogP contribution is 2.25. The third-order valence-electron chi connectivity index (χ3n) is 3.26. The van der Waals surface area contributed by atoms with Crippen molar-refractivity contribution in [2.75, 3.05) is 6.61 Å². The zero-order chi connectivity index (χ0) is 13.7. The van der Waals surface area contributed by atoms with Gasteiger partial charge in [0.15, 0.2) is 0 Å². The van der Waals surface area contributed by atoms with Gasteiger partial charge in [-0.25, -0.2) is 4.98 Å². The van der Waals surface area contributed by atoms with Crippen LogP contribution >= 0.6 is 0 Å². The Morgan fingerprint density at radius 2 is 2.16 bits per heavy atom. The SMILES string of the molecule is CC[C@@H](N)c1ccccc1OCCc1nccn1C. The number of imidazole rings is 1. The van der Waals surface area contributed by atoms with Crippen LogP contribution < -0.4 is 10.5 Å². The standard InChI is InChI=1S/C15H21N3O/c1-3-13(16)12-6-4-5-7-14(12)19-11-8-15-17-9-10-18(15)2/h4-7,9-10,13H,3,8,11,16H2,1-2H3/t13-/m1/s1. The van der Waals surface area contributed by atoms with E-state index < -0.39 is 0 Å². The molecular formula is C15H21N3O. The molecule has 0 unspecified atom stereocenters. The van der Waals surface area contributed by atoms with Crippen molar-refractivity contribution >= 4 is 0 Å². The normalized spacial score (nSPS) is 12.4. The van der Waals surface area contributed by atoms with Gasteiger partial charge in [0.25, 0.3) is 0 Å². The molecule has 102 valence electrons. The van der Waals surface area contributed by atoms with Crippen molar-refractivity contribution in [2.24, 2.45) is 12.8 Å². The van der Waals surface area contributed by atoms with E-state index in [4.69, 9.17) is 10.5 Å². The molecule has 0 aliphatic rings. The van der Waals surface area contributed by atoms with E-state index in [0.717, 1.165) is 30.0 Å². The van der Waals surface area contributed by atoms with Crippen LogP contribution in [0.25, 0.3) is 0 Å². The number of hydrogen-bond donors (Lipinski definition) is 1. The summed E-state index contributed by atoms with van der Waals surface area (Å²) in [5.74, 6) is 1.91. The fourth-order valence-corrected chi connectivity index (χ4v) is 2.03. The van der Waals surface area contributed by atoms with Crippen molar-refractivity contribution in [2.45, 2.75) is 25.8 Å². The molecule has 0 spiro atoms. The molecule has 1 atom stereocenters. The van der Waals surface area contributed by atoms with E-state index in [9.17, 15) is 0 Å². The highest BCUT2D eigenvalue weighted by atomic mass is 16.5. The zero-order valence-electron chi connectivity index (χ0n) is 11.5. The van der Waals surface area contributed by atoms with Gasteiger partial charge in [-0.2, -0.15) is 0 Å². The van der Waals surface area contributed by atoms with Gasteiger partial charge in [0, 0.05) is 37.5 Å². The van der Waals surface area contributed by atoms with Gasteiger partial charge in [0.1, 0.15) is 11.6 Å². The molecule has 4 nitrogen and oxygen atoms in total. The lowest BCUT2D eigenvalue weighted by atomic mass is 10.0. The number of hydrogen-bond acceptors (Lipinski definition) is 3. The highest BCUT2D eigenvalue weighted by Gasteiger charge is 2.10. The number of nitrogens with zero attached hydrogens (tertiary/aromatic N) is 2. The molecule has 0 radical (unpaired) electrons. The van der Waals surface area contributed by atoms with Crippen LogP contribution in [0.15, 0.2) is 36.7 Å². The monoisotopic (exact) mass is 259 g/mol. The van der Waals surface area contributed by atoms with Crippen LogP contribution in [0.4, 0.5) is 0 Å². The summed E-state index contributed by atoms with van der Waals surface area (Å²) in [4.78, 5) is 4.28. The van der Waals surface area contributed by atoms with Gasteiger partial charge in [-0.15, -0.1) is 0 Å². The van der Waals surface area contributed by atoms with Gasteiger partial charge in [-0.1, -0.05) is 25.1 Å². The fourth-order valence-electron chi connectivity index (χ4n) is 2.03. The van der Waals surface area contributed by atoms with Crippen molar-refractivity contribution in [3.8, 4) is 5.75 Å². The Balaban J connectivity index is 1.98. The van der Waals surface area contributed by atoms with Crippen LogP contribution in [-0.4, -0.2) is 16.2 Å². The lowest BCUT2D eigenvalue weighted by molar-refractivity contribution is 0.312. The maximum Gasteiger partial charge on any atom is 0.124 e. The van der Waals surface area contributed by atoms with Crippen LogP contribution in [0, 0.1) is 0 Å². The van der Waals surface area contributed by atoms with Crippen molar-refractivity contribution in [1.29, 1.82) is 0 Å². The zero-order valence-corrected chi connectivity index (χ0v) is 11.5. The van der Waals surface area contributed by atoms with E-state index in [2.05, 4.69) is 11.9 Å². The molecule has 19 heavy (non-hydrogen) atoms. The molecule has 2 rings (SSSR count). The summed E-state index contributed by atoms with van der Waals surface area (Å²) < 4.78 is 7.86. The van der Waals surface area contributed by atoms with E-state index in [0.29, 0.717) is 6.61 Å². The molecule has 1 aromatic carbocycles. The molecule has 0 fully saturated rings. The third-order valence-corrected chi connectivity index (χ3v) is 3.26. The number of aromatic nitrogens is 2. The number of rotatable bonds is 6. The molecule has 0 amide bonds. The first kappa shape index (κ1) is 13.6. The summed E-state index contributed by atoms with van der Waals surface area (Å²) >= 11 is 0. The molecule has 4 heteroatoms.